The van der Waals surface area contributed by atoms with Crippen LogP contribution in [0.4, 0.5) is 22.7 Å². The van der Waals surface area contributed by atoms with E-state index in [1.807, 2.05) is 48.2 Å². The molecule has 0 aliphatic carbocycles. The average Bonchev–Trinajstić information content (AvgIpc) is 2.80. The highest BCUT2D eigenvalue weighted by atomic mass is 32.2. The van der Waals surface area contributed by atoms with Gasteiger partial charge in [-0.2, -0.15) is 0 Å². The second-order valence-corrected chi connectivity index (χ2v) is 8.28. The third-order valence-corrected chi connectivity index (χ3v) is 6.48. The highest BCUT2D eigenvalue weighted by Crippen LogP contribution is 2.47. The highest BCUT2D eigenvalue weighted by molar-refractivity contribution is 7.99. The molecule has 0 amide bonds. The van der Waals surface area contributed by atoms with Gasteiger partial charge in [0.05, 0.1) is 22.7 Å². The lowest BCUT2D eigenvalue weighted by Crippen LogP contribution is -2.15. The van der Waals surface area contributed by atoms with Crippen molar-refractivity contribution in [1.29, 1.82) is 0 Å². The Morgan fingerprint density at radius 2 is 0.867 bits per heavy atom. The molecule has 4 heteroatoms. The third kappa shape index (κ3) is 3.29. The Balaban J connectivity index is 0.000000128. The monoisotopic (exact) mass is 410 g/mol. The number of nitrogens with zero attached hydrogens (tertiary/aromatic N) is 2. The van der Waals surface area contributed by atoms with Crippen LogP contribution < -0.4 is 14.5 Å². The summed E-state index contributed by atoms with van der Waals surface area (Å²) in [6, 6.07) is 33.1. The molecule has 0 spiro atoms. The van der Waals surface area contributed by atoms with Gasteiger partial charge in [-0.05, 0) is 48.5 Å². The van der Waals surface area contributed by atoms with E-state index < -0.39 is 0 Å². The van der Waals surface area contributed by atoms with Gasteiger partial charge in [-0.3, -0.25) is 0 Å². The smallest absolute Gasteiger partial charge is 0.151 e. The maximum Gasteiger partial charge on any atom is 0.151 e. The van der Waals surface area contributed by atoms with Gasteiger partial charge in [0.2, 0.25) is 0 Å². The standard InChI is InChI=1S/C13H11NO.C13H11NS/c2*1-14-10-6-2-4-8-12(10)15-13-9-5-3-7-11(13)14/h2*2-9H,1H3. The minimum Gasteiger partial charge on any atom is -0.453 e. The van der Waals surface area contributed by atoms with E-state index in [1.165, 1.54) is 21.2 Å². The number of rotatable bonds is 0. The zero-order valence-electron chi connectivity index (χ0n) is 16.9. The van der Waals surface area contributed by atoms with Crippen molar-refractivity contribution in [2.75, 3.05) is 23.9 Å². The van der Waals surface area contributed by atoms with E-state index in [2.05, 4.69) is 84.6 Å². The molecular weight excluding hydrogens is 388 g/mol. The quantitative estimate of drug-likeness (QED) is 0.298. The molecule has 0 atom stereocenters. The van der Waals surface area contributed by atoms with Crippen molar-refractivity contribution in [1.82, 2.24) is 0 Å². The Bertz CT molecular complexity index is 1020. The van der Waals surface area contributed by atoms with Crippen LogP contribution in [0.15, 0.2) is 107 Å². The largest absolute Gasteiger partial charge is 0.453 e. The average molecular weight is 411 g/mol. The molecule has 0 radical (unpaired) electrons. The summed E-state index contributed by atoms with van der Waals surface area (Å²) >= 11 is 1.84. The summed E-state index contributed by atoms with van der Waals surface area (Å²) in [7, 11) is 4.18. The summed E-state index contributed by atoms with van der Waals surface area (Å²) in [6.45, 7) is 0. The van der Waals surface area contributed by atoms with Crippen LogP contribution in [0.1, 0.15) is 0 Å². The summed E-state index contributed by atoms with van der Waals surface area (Å²) in [5.74, 6) is 1.83. The van der Waals surface area contributed by atoms with Crippen LogP contribution in [0.5, 0.6) is 11.5 Å². The van der Waals surface area contributed by atoms with E-state index in [0.717, 1.165) is 22.9 Å². The molecule has 0 bridgehead atoms. The Hall–Kier alpha value is -3.37. The first kappa shape index (κ1) is 18.6. The molecule has 2 aliphatic rings. The van der Waals surface area contributed by atoms with Crippen molar-refractivity contribution in [2.45, 2.75) is 9.79 Å². The van der Waals surface area contributed by atoms with Crippen molar-refractivity contribution < 1.29 is 4.74 Å². The lowest BCUT2D eigenvalue weighted by atomic mass is 10.2. The third-order valence-electron chi connectivity index (χ3n) is 5.35. The Morgan fingerprint density at radius 1 is 0.500 bits per heavy atom. The van der Waals surface area contributed by atoms with Gasteiger partial charge in [-0.25, -0.2) is 0 Å². The number of anilines is 4. The number of ether oxygens (including phenoxy) is 1. The number of hydrogen-bond acceptors (Lipinski definition) is 4. The minimum atomic E-state index is 0.915. The summed E-state index contributed by atoms with van der Waals surface area (Å²) in [4.78, 5) is 7.06. The van der Waals surface area contributed by atoms with Crippen LogP contribution >= 0.6 is 11.8 Å². The van der Waals surface area contributed by atoms with Crippen LogP contribution in [-0.4, -0.2) is 14.1 Å². The Labute approximate surface area is 181 Å². The number of benzene rings is 4. The maximum absolute atomic E-state index is 5.81. The number of fused-ring (bicyclic) bond motifs is 4. The molecule has 0 N–H and O–H groups in total. The molecule has 0 saturated heterocycles. The zero-order valence-corrected chi connectivity index (χ0v) is 17.8. The SMILES string of the molecule is CN1c2ccccc2Oc2ccccc21.CN1c2ccccc2Sc2ccccc21. The molecule has 2 aliphatic heterocycles. The van der Waals surface area contributed by atoms with Gasteiger partial charge in [-0.1, -0.05) is 60.3 Å². The molecule has 0 saturated carbocycles. The van der Waals surface area contributed by atoms with Crippen LogP contribution in [0, 0.1) is 0 Å². The summed E-state index contributed by atoms with van der Waals surface area (Å²) in [5.41, 5.74) is 4.80. The van der Waals surface area contributed by atoms with Crippen LogP contribution in [-0.2, 0) is 0 Å². The van der Waals surface area contributed by atoms with Crippen molar-refractivity contribution in [2.24, 2.45) is 0 Å². The van der Waals surface area contributed by atoms with E-state index in [-0.39, 0.29) is 0 Å². The van der Waals surface area contributed by atoms with E-state index in [9.17, 15) is 0 Å². The lowest BCUT2D eigenvalue weighted by Gasteiger charge is -2.29. The molecule has 4 aromatic carbocycles. The molecule has 2 heterocycles. The lowest BCUT2D eigenvalue weighted by molar-refractivity contribution is 0.475. The van der Waals surface area contributed by atoms with E-state index >= 15 is 0 Å². The van der Waals surface area contributed by atoms with Gasteiger partial charge in [0.1, 0.15) is 0 Å². The molecule has 0 fully saturated rings. The summed E-state index contributed by atoms with van der Waals surface area (Å²) in [6.07, 6.45) is 0. The van der Waals surface area contributed by atoms with Gasteiger partial charge in [0.15, 0.2) is 11.5 Å². The van der Waals surface area contributed by atoms with E-state index in [1.54, 1.807) is 0 Å². The van der Waals surface area contributed by atoms with Gasteiger partial charge in [0, 0.05) is 23.9 Å². The van der Waals surface area contributed by atoms with Crippen molar-refractivity contribution in [3.8, 4) is 11.5 Å². The zero-order chi connectivity index (χ0) is 20.5. The number of para-hydroxylation sites is 6. The first-order valence-electron chi connectivity index (χ1n) is 9.91. The molecule has 3 nitrogen and oxygen atoms in total. The molecule has 30 heavy (non-hydrogen) atoms. The Morgan fingerprint density at radius 3 is 1.37 bits per heavy atom. The molecular formula is C26H22N2OS. The molecule has 0 unspecified atom stereocenters. The van der Waals surface area contributed by atoms with Gasteiger partial charge < -0.3 is 14.5 Å². The normalized spacial score (nSPS) is 13.0. The fourth-order valence-corrected chi connectivity index (χ4v) is 4.93. The fraction of sp³-hybridized carbons (Fsp3) is 0.0769. The first-order valence-corrected chi connectivity index (χ1v) is 10.7. The highest BCUT2D eigenvalue weighted by Gasteiger charge is 2.20. The van der Waals surface area contributed by atoms with Crippen LogP contribution in [0.3, 0.4) is 0 Å². The summed E-state index contributed by atoms with van der Waals surface area (Å²) in [5, 5.41) is 0. The van der Waals surface area contributed by atoms with Crippen LogP contribution in [0.25, 0.3) is 0 Å². The van der Waals surface area contributed by atoms with Crippen molar-refractivity contribution in [3.05, 3.63) is 97.1 Å². The Kier molecular flexibility index (Phi) is 4.85. The molecule has 0 aromatic heterocycles. The first-order chi connectivity index (χ1) is 14.7. The van der Waals surface area contributed by atoms with E-state index in [0.29, 0.717) is 0 Å². The summed E-state index contributed by atoms with van der Waals surface area (Å²) < 4.78 is 5.81. The molecule has 6 rings (SSSR count). The fourth-order valence-electron chi connectivity index (χ4n) is 3.78. The van der Waals surface area contributed by atoms with Crippen molar-refractivity contribution >= 4 is 34.5 Å². The molecule has 4 aromatic rings. The minimum absolute atomic E-state index is 0.915. The second kappa shape index (κ2) is 7.81. The predicted molar refractivity (Wildman–Crippen MR) is 126 cm³/mol. The van der Waals surface area contributed by atoms with E-state index in [4.69, 9.17) is 4.74 Å². The van der Waals surface area contributed by atoms with Crippen LogP contribution in [0.2, 0.25) is 0 Å². The number of hydrogen-bond donors (Lipinski definition) is 0. The van der Waals surface area contributed by atoms with Crippen molar-refractivity contribution in [3.63, 3.8) is 0 Å². The van der Waals surface area contributed by atoms with Gasteiger partial charge in [0.25, 0.3) is 0 Å². The molecule has 148 valence electrons. The topological polar surface area (TPSA) is 15.7 Å². The van der Waals surface area contributed by atoms with Gasteiger partial charge >= 0.3 is 0 Å². The predicted octanol–water partition coefficient (Wildman–Crippen LogP) is 7.48. The second-order valence-electron chi connectivity index (χ2n) is 7.19. The van der Waals surface area contributed by atoms with Gasteiger partial charge in [-0.15, -0.1) is 0 Å². The maximum atomic E-state index is 5.81.